The van der Waals surface area contributed by atoms with Gasteiger partial charge in [-0.15, -0.1) is 0 Å². The zero-order chi connectivity index (χ0) is 21.2. The quantitative estimate of drug-likeness (QED) is 0.502. The molecule has 2 rings (SSSR count). The van der Waals surface area contributed by atoms with Crippen molar-refractivity contribution in [2.45, 2.75) is 19.0 Å². The standard InChI is InChI=1S/C19H21ClN4O5/c1-2-8-29-19(28)22-10-14(9-13-6-4-3-5-7-13)23-17-18(27)24(12-16(25)26)15(20)11-21-17/h2-7,11,14H,1,8-10,12H2,(H,21,23)(H,22,28)(H,25,26). The van der Waals surface area contributed by atoms with Gasteiger partial charge < -0.3 is 20.5 Å². The molecule has 0 fully saturated rings. The van der Waals surface area contributed by atoms with Gasteiger partial charge >= 0.3 is 12.1 Å². The summed E-state index contributed by atoms with van der Waals surface area (Å²) in [4.78, 5) is 39.2. The van der Waals surface area contributed by atoms with Crippen LogP contribution >= 0.6 is 11.6 Å². The number of carbonyl (C=O) groups excluding carboxylic acids is 1. The number of aromatic nitrogens is 2. The number of alkyl carbamates (subject to hydrolysis) is 1. The number of carboxylic acids is 1. The van der Waals surface area contributed by atoms with Crippen LogP contribution in [0.2, 0.25) is 5.15 Å². The molecule has 154 valence electrons. The number of carboxylic acid groups (broad SMARTS) is 1. The summed E-state index contributed by atoms with van der Waals surface area (Å²) >= 11 is 5.89. The number of rotatable bonds is 10. The van der Waals surface area contributed by atoms with E-state index in [1.54, 1.807) is 0 Å². The highest BCUT2D eigenvalue weighted by Gasteiger charge is 2.17. The summed E-state index contributed by atoms with van der Waals surface area (Å²) < 4.78 is 5.78. The third kappa shape index (κ3) is 6.96. The summed E-state index contributed by atoms with van der Waals surface area (Å²) in [6, 6.07) is 9.01. The van der Waals surface area contributed by atoms with E-state index < -0.39 is 30.2 Å². The number of hydrogen-bond donors (Lipinski definition) is 3. The zero-order valence-electron chi connectivity index (χ0n) is 15.5. The first kappa shape index (κ1) is 22.0. The molecule has 2 aromatic rings. The molecule has 3 N–H and O–H groups in total. The van der Waals surface area contributed by atoms with Crippen LogP contribution in [0.5, 0.6) is 0 Å². The topological polar surface area (TPSA) is 123 Å². The lowest BCUT2D eigenvalue weighted by molar-refractivity contribution is -0.137. The zero-order valence-corrected chi connectivity index (χ0v) is 16.3. The summed E-state index contributed by atoms with van der Waals surface area (Å²) in [5, 5.41) is 14.5. The van der Waals surface area contributed by atoms with E-state index >= 15 is 0 Å². The maximum Gasteiger partial charge on any atom is 0.407 e. The molecule has 0 spiro atoms. The van der Waals surface area contributed by atoms with Crippen molar-refractivity contribution in [1.82, 2.24) is 14.9 Å². The number of benzene rings is 1. The minimum Gasteiger partial charge on any atom is -0.480 e. The SMILES string of the molecule is C=CCOC(=O)NCC(Cc1ccccc1)Nc1ncc(Cl)n(CC(=O)O)c1=O. The highest BCUT2D eigenvalue weighted by Crippen LogP contribution is 2.10. The van der Waals surface area contributed by atoms with E-state index in [2.05, 4.69) is 22.2 Å². The van der Waals surface area contributed by atoms with Gasteiger partial charge in [-0.2, -0.15) is 0 Å². The van der Waals surface area contributed by atoms with Gasteiger partial charge in [0.1, 0.15) is 18.3 Å². The van der Waals surface area contributed by atoms with Crippen molar-refractivity contribution >= 4 is 29.5 Å². The Balaban J connectivity index is 2.20. The lowest BCUT2D eigenvalue weighted by Gasteiger charge is -2.20. The number of anilines is 1. The molecule has 1 aromatic carbocycles. The Morgan fingerprint density at radius 1 is 1.34 bits per heavy atom. The minimum absolute atomic E-state index is 0.0707. The van der Waals surface area contributed by atoms with Gasteiger partial charge in [0.15, 0.2) is 5.82 Å². The van der Waals surface area contributed by atoms with Gasteiger partial charge in [-0.3, -0.25) is 14.2 Å². The van der Waals surface area contributed by atoms with Crippen molar-refractivity contribution < 1.29 is 19.4 Å². The summed E-state index contributed by atoms with van der Waals surface area (Å²) in [7, 11) is 0. The first-order valence-corrected chi connectivity index (χ1v) is 9.07. The van der Waals surface area contributed by atoms with Gasteiger partial charge in [-0.1, -0.05) is 54.6 Å². The summed E-state index contributed by atoms with van der Waals surface area (Å²) in [5.41, 5.74) is 0.290. The smallest absolute Gasteiger partial charge is 0.407 e. The fourth-order valence-corrected chi connectivity index (χ4v) is 2.69. The molecule has 9 nitrogen and oxygen atoms in total. The van der Waals surface area contributed by atoms with Crippen LogP contribution in [0.15, 0.2) is 54.0 Å². The Kier molecular flexibility index (Phi) is 8.23. The Morgan fingerprint density at radius 3 is 2.72 bits per heavy atom. The summed E-state index contributed by atoms with van der Waals surface area (Å²) in [6.07, 6.45) is 2.48. The Bertz CT molecular complexity index is 917. The molecular weight excluding hydrogens is 400 g/mol. The van der Waals surface area contributed by atoms with E-state index in [0.717, 1.165) is 10.1 Å². The second-order valence-electron chi connectivity index (χ2n) is 6.01. The summed E-state index contributed by atoms with van der Waals surface area (Å²) in [6.45, 7) is 3.08. The minimum atomic E-state index is -1.21. The molecule has 0 radical (unpaired) electrons. The average Bonchev–Trinajstić information content (AvgIpc) is 2.70. The predicted octanol–water partition coefficient (Wildman–Crippen LogP) is 1.92. The molecule has 29 heavy (non-hydrogen) atoms. The fourth-order valence-electron chi connectivity index (χ4n) is 2.51. The Labute approximate surface area is 172 Å². The molecule has 1 unspecified atom stereocenters. The number of ether oxygens (including phenoxy) is 1. The van der Waals surface area contributed by atoms with Crippen LogP contribution in [0.1, 0.15) is 5.56 Å². The van der Waals surface area contributed by atoms with Gasteiger partial charge in [-0.05, 0) is 12.0 Å². The van der Waals surface area contributed by atoms with E-state index in [4.69, 9.17) is 21.4 Å². The van der Waals surface area contributed by atoms with Crippen LogP contribution in [0, 0.1) is 0 Å². The number of aliphatic carboxylic acids is 1. The normalized spacial score (nSPS) is 11.3. The number of halogens is 1. The van der Waals surface area contributed by atoms with Crippen LogP contribution in [-0.2, 0) is 22.5 Å². The number of carbonyl (C=O) groups is 2. The van der Waals surface area contributed by atoms with Crippen molar-refractivity contribution in [3.63, 3.8) is 0 Å². The number of nitrogens with one attached hydrogen (secondary N) is 2. The van der Waals surface area contributed by atoms with E-state index in [1.807, 2.05) is 30.3 Å². The van der Waals surface area contributed by atoms with Crippen molar-refractivity contribution in [2.75, 3.05) is 18.5 Å². The Morgan fingerprint density at radius 2 is 2.07 bits per heavy atom. The van der Waals surface area contributed by atoms with Crippen LogP contribution in [0.4, 0.5) is 10.6 Å². The maximum atomic E-state index is 12.6. The number of nitrogens with zero attached hydrogens (tertiary/aromatic N) is 2. The van der Waals surface area contributed by atoms with Crippen molar-refractivity contribution in [1.29, 1.82) is 0 Å². The first-order valence-electron chi connectivity index (χ1n) is 8.69. The third-order valence-electron chi connectivity index (χ3n) is 3.79. The second-order valence-corrected chi connectivity index (χ2v) is 6.40. The second kappa shape index (κ2) is 10.9. The van der Waals surface area contributed by atoms with Crippen molar-refractivity contribution in [2.24, 2.45) is 0 Å². The molecule has 1 atom stereocenters. The van der Waals surface area contributed by atoms with E-state index in [0.29, 0.717) is 6.42 Å². The molecule has 1 amide bonds. The van der Waals surface area contributed by atoms with Gasteiger partial charge in [0.05, 0.1) is 6.20 Å². The highest BCUT2D eigenvalue weighted by molar-refractivity contribution is 6.29. The molecule has 1 aromatic heterocycles. The largest absolute Gasteiger partial charge is 0.480 e. The van der Waals surface area contributed by atoms with Crippen LogP contribution in [-0.4, -0.2) is 45.9 Å². The fraction of sp³-hybridized carbons (Fsp3) is 0.263. The van der Waals surface area contributed by atoms with E-state index in [1.165, 1.54) is 12.3 Å². The third-order valence-corrected chi connectivity index (χ3v) is 4.09. The lowest BCUT2D eigenvalue weighted by atomic mass is 10.1. The first-order chi connectivity index (χ1) is 13.9. The van der Waals surface area contributed by atoms with Gasteiger partial charge in [-0.25, -0.2) is 9.78 Å². The van der Waals surface area contributed by atoms with Gasteiger partial charge in [0.25, 0.3) is 5.56 Å². The molecule has 0 saturated heterocycles. The van der Waals surface area contributed by atoms with E-state index in [9.17, 15) is 14.4 Å². The molecule has 1 heterocycles. The van der Waals surface area contributed by atoms with Gasteiger partial charge in [0, 0.05) is 12.6 Å². The van der Waals surface area contributed by atoms with Crippen LogP contribution in [0.25, 0.3) is 0 Å². The maximum absolute atomic E-state index is 12.6. The lowest BCUT2D eigenvalue weighted by Crippen LogP contribution is -2.40. The molecule has 0 saturated carbocycles. The summed E-state index contributed by atoms with van der Waals surface area (Å²) in [5.74, 6) is -1.28. The molecule has 0 aliphatic carbocycles. The predicted molar refractivity (Wildman–Crippen MR) is 108 cm³/mol. The molecule has 0 aliphatic heterocycles. The monoisotopic (exact) mass is 420 g/mol. The molecule has 10 heteroatoms. The van der Waals surface area contributed by atoms with Crippen LogP contribution < -0.4 is 16.2 Å². The van der Waals surface area contributed by atoms with Crippen LogP contribution in [0.3, 0.4) is 0 Å². The van der Waals surface area contributed by atoms with E-state index in [-0.39, 0.29) is 24.1 Å². The molecule has 0 bridgehead atoms. The van der Waals surface area contributed by atoms with Gasteiger partial charge in [0.2, 0.25) is 0 Å². The highest BCUT2D eigenvalue weighted by atomic mass is 35.5. The van der Waals surface area contributed by atoms with Crippen molar-refractivity contribution in [3.05, 3.63) is 70.3 Å². The number of hydrogen-bond acceptors (Lipinski definition) is 6. The average molecular weight is 421 g/mol. The Hall–Kier alpha value is -3.33. The molecular formula is C19H21ClN4O5. The number of amides is 1. The molecule has 0 aliphatic rings. The van der Waals surface area contributed by atoms with Crippen molar-refractivity contribution in [3.8, 4) is 0 Å².